The van der Waals surface area contributed by atoms with Gasteiger partial charge >= 0.3 is 0 Å². The van der Waals surface area contributed by atoms with Crippen LogP contribution in [0.3, 0.4) is 0 Å². The van der Waals surface area contributed by atoms with E-state index in [1.165, 1.54) is 30.7 Å². The minimum atomic E-state index is 0.817. The van der Waals surface area contributed by atoms with Crippen LogP contribution in [-0.2, 0) is 14.1 Å². The summed E-state index contributed by atoms with van der Waals surface area (Å²) in [5.41, 5.74) is 1.21. The second-order valence-corrected chi connectivity index (χ2v) is 5.28. The molecule has 1 aromatic carbocycles. The molecule has 0 atom stereocenters. The van der Waals surface area contributed by atoms with Gasteiger partial charge in [0.25, 0.3) is 5.82 Å². The van der Waals surface area contributed by atoms with E-state index in [4.69, 9.17) is 4.74 Å². The first-order valence-electron chi connectivity index (χ1n) is 7.46. The summed E-state index contributed by atoms with van der Waals surface area (Å²) in [7, 11) is 4.13. The zero-order chi connectivity index (χ0) is 14.4. The first kappa shape index (κ1) is 14.6. The van der Waals surface area contributed by atoms with Crippen molar-refractivity contribution in [2.75, 3.05) is 6.61 Å². The lowest BCUT2D eigenvalue weighted by Crippen LogP contribution is -2.28. The van der Waals surface area contributed by atoms with Gasteiger partial charge in [0.1, 0.15) is 18.1 Å². The summed E-state index contributed by atoms with van der Waals surface area (Å²) in [5.74, 6) is 2.15. The quantitative estimate of drug-likeness (QED) is 0.558. The van der Waals surface area contributed by atoms with E-state index in [2.05, 4.69) is 66.8 Å². The molecule has 0 spiro atoms. The fraction of sp³-hybridized carbons (Fsp3) is 0.471. The van der Waals surface area contributed by atoms with Crippen molar-refractivity contribution >= 4 is 0 Å². The Kier molecular flexibility index (Phi) is 5.22. The molecule has 0 bridgehead atoms. The smallest absolute Gasteiger partial charge is 0.288 e. The Labute approximate surface area is 121 Å². The molecule has 3 nitrogen and oxygen atoms in total. The summed E-state index contributed by atoms with van der Waals surface area (Å²) in [6, 6.07) is 8.36. The predicted octanol–water partition coefficient (Wildman–Crippen LogP) is 3.48. The van der Waals surface area contributed by atoms with E-state index >= 15 is 0 Å². The van der Waals surface area contributed by atoms with Gasteiger partial charge in [-0.05, 0) is 30.7 Å². The van der Waals surface area contributed by atoms with Crippen molar-refractivity contribution in [3.05, 3.63) is 36.7 Å². The molecule has 0 unspecified atom stereocenters. The summed E-state index contributed by atoms with van der Waals surface area (Å²) < 4.78 is 10.0. The Balaban J connectivity index is 1.93. The van der Waals surface area contributed by atoms with Crippen LogP contribution in [0.5, 0.6) is 5.75 Å². The topological polar surface area (TPSA) is 18.0 Å². The Morgan fingerprint density at radius 3 is 2.45 bits per heavy atom. The van der Waals surface area contributed by atoms with Crippen molar-refractivity contribution in [3.8, 4) is 17.1 Å². The second-order valence-electron chi connectivity index (χ2n) is 5.28. The number of aryl methyl sites for hydroxylation is 2. The monoisotopic (exact) mass is 273 g/mol. The zero-order valence-electron chi connectivity index (χ0n) is 12.8. The highest BCUT2D eigenvalue weighted by Crippen LogP contribution is 2.19. The first-order chi connectivity index (χ1) is 9.72. The van der Waals surface area contributed by atoms with Crippen LogP contribution in [0.1, 0.15) is 32.6 Å². The molecule has 3 heteroatoms. The highest BCUT2D eigenvalue weighted by atomic mass is 16.5. The number of nitrogens with zero attached hydrogens (tertiary/aromatic N) is 2. The molecular formula is C17H25N2O+. The van der Waals surface area contributed by atoms with Crippen molar-refractivity contribution in [1.82, 2.24) is 4.57 Å². The summed E-state index contributed by atoms with van der Waals surface area (Å²) in [5, 5.41) is 0. The van der Waals surface area contributed by atoms with Crippen LogP contribution in [-0.4, -0.2) is 11.2 Å². The van der Waals surface area contributed by atoms with E-state index < -0.39 is 0 Å². The Morgan fingerprint density at radius 2 is 1.85 bits per heavy atom. The van der Waals surface area contributed by atoms with Gasteiger partial charge in [-0.25, -0.2) is 9.13 Å². The number of aromatic nitrogens is 2. The molecular weight excluding hydrogens is 248 g/mol. The fourth-order valence-corrected chi connectivity index (χ4v) is 2.42. The van der Waals surface area contributed by atoms with Gasteiger partial charge < -0.3 is 4.74 Å². The van der Waals surface area contributed by atoms with Crippen LogP contribution in [0, 0.1) is 0 Å². The third-order valence-electron chi connectivity index (χ3n) is 3.56. The summed E-state index contributed by atoms with van der Waals surface area (Å²) in [6.07, 6.45) is 9.09. The van der Waals surface area contributed by atoms with Crippen LogP contribution in [0.4, 0.5) is 0 Å². The van der Waals surface area contributed by atoms with Crippen molar-refractivity contribution < 1.29 is 9.30 Å². The summed E-state index contributed by atoms with van der Waals surface area (Å²) in [4.78, 5) is 0. The summed E-state index contributed by atoms with van der Waals surface area (Å²) in [6.45, 7) is 3.04. The van der Waals surface area contributed by atoms with Crippen molar-refractivity contribution in [1.29, 1.82) is 0 Å². The molecule has 108 valence electrons. The highest BCUT2D eigenvalue weighted by Gasteiger charge is 2.13. The third-order valence-corrected chi connectivity index (χ3v) is 3.56. The maximum absolute atomic E-state index is 5.77. The lowest BCUT2D eigenvalue weighted by molar-refractivity contribution is -0.659. The SMILES string of the molecule is CCCCCCOc1ccc(-c2n(C)cc[n+]2C)cc1. The number of hydrogen-bond donors (Lipinski definition) is 0. The number of ether oxygens (including phenoxy) is 1. The molecule has 20 heavy (non-hydrogen) atoms. The van der Waals surface area contributed by atoms with Crippen LogP contribution in [0.25, 0.3) is 11.4 Å². The number of rotatable bonds is 7. The number of imidazole rings is 1. The summed E-state index contributed by atoms with van der Waals surface area (Å²) >= 11 is 0. The van der Waals surface area contributed by atoms with Crippen LogP contribution in [0.15, 0.2) is 36.7 Å². The number of unbranched alkanes of at least 4 members (excludes halogenated alkanes) is 3. The maximum atomic E-state index is 5.77. The van der Waals surface area contributed by atoms with Gasteiger partial charge in [0.05, 0.1) is 26.3 Å². The third kappa shape index (κ3) is 3.62. The Hall–Kier alpha value is -1.77. The average molecular weight is 273 g/mol. The zero-order valence-corrected chi connectivity index (χ0v) is 12.8. The highest BCUT2D eigenvalue weighted by molar-refractivity contribution is 5.54. The van der Waals surface area contributed by atoms with Gasteiger partial charge in [-0.1, -0.05) is 26.2 Å². The van der Waals surface area contributed by atoms with Crippen LogP contribution >= 0.6 is 0 Å². The molecule has 0 aliphatic heterocycles. The fourth-order valence-electron chi connectivity index (χ4n) is 2.42. The lowest BCUT2D eigenvalue weighted by Gasteiger charge is -2.06. The molecule has 1 heterocycles. The number of hydrogen-bond acceptors (Lipinski definition) is 1. The molecule has 0 fully saturated rings. The van der Waals surface area contributed by atoms with Gasteiger partial charge in [0.15, 0.2) is 0 Å². The maximum Gasteiger partial charge on any atom is 0.288 e. The van der Waals surface area contributed by atoms with E-state index in [0.717, 1.165) is 18.8 Å². The molecule has 0 amide bonds. The standard InChI is InChI=1S/C17H25N2O/c1-4-5-6-7-14-20-16-10-8-15(9-11-16)17-18(2)12-13-19(17)3/h8-13H,4-7,14H2,1-3H3/q+1. The largest absolute Gasteiger partial charge is 0.494 e. The van der Waals surface area contributed by atoms with Gasteiger partial charge in [0, 0.05) is 0 Å². The lowest BCUT2D eigenvalue weighted by atomic mass is 10.2. The average Bonchev–Trinajstić information content (AvgIpc) is 2.79. The van der Waals surface area contributed by atoms with Gasteiger partial charge in [0.2, 0.25) is 0 Å². The van der Waals surface area contributed by atoms with Crippen molar-refractivity contribution in [3.63, 3.8) is 0 Å². The number of benzene rings is 1. The molecule has 1 aromatic heterocycles. The van der Waals surface area contributed by atoms with Crippen LogP contribution < -0.4 is 9.30 Å². The van der Waals surface area contributed by atoms with E-state index in [-0.39, 0.29) is 0 Å². The molecule has 2 rings (SSSR count). The molecule has 0 N–H and O–H groups in total. The first-order valence-corrected chi connectivity index (χ1v) is 7.46. The van der Waals surface area contributed by atoms with Crippen LogP contribution in [0.2, 0.25) is 0 Å². The van der Waals surface area contributed by atoms with Crippen molar-refractivity contribution in [2.45, 2.75) is 32.6 Å². The Morgan fingerprint density at radius 1 is 1.10 bits per heavy atom. The Bertz CT molecular complexity index is 509. The van der Waals surface area contributed by atoms with E-state index in [1.807, 2.05) is 0 Å². The van der Waals surface area contributed by atoms with E-state index in [0.29, 0.717) is 0 Å². The van der Waals surface area contributed by atoms with Gasteiger partial charge in [-0.15, -0.1) is 0 Å². The van der Waals surface area contributed by atoms with Gasteiger partial charge in [-0.3, -0.25) is 0 Å². The molecule has 2 aromatic rings. The van der Waals surface area contributed by atoms with E-state index in [1.54, 1.807) is 0 Å². The molecule has 0 saturated heterocycles. The normalized spacial score (nSPS) is 10.8. The second kappa shape index (κ2) is 7.13. The molecule has 0 aliphatic carbocycles. The van der Waals surface area contributed by atoms with Gasteiger partial charge in [-0.2, -0.15) is 0 Å². The van der Waals surface area contributed by atoms with Crippen molar-refractivity contribution in [2.24, 2.45) is 14.1 Å². The molecule has 0 radical (unpaired) electrons. The molecule has 0 aliphatic rings. The minimum absolute atomic E-state index is 0.817. The molecule has 0 saturated carbocycles. The minimum Gasteiger partial charge on any atom is -0.494 e. The predicted molar refractivity (Wildman–Crippen MR) is 81.7 cm³/mol. The van der Waals surface area contributed by atoms with E-state index in [9.17, 15) is 0 Å².